The second kappa shape index (κ2) is 8.29. The van der Waals surface area contributed by atoms with E-state index < -0.39 is 0 Å². The van der Waals surface area contributed by atoms with Crippen molar-refractivity contribution in [3.8, 4) is 11.3 Å². The molecular formula is C18H24N4O2. The Hall–Kier alpha value is -2.63. The van der Waals surface area contributed by atoms with Gasteiger partial charge >= 0.3 is 0 Å². The number of aromatic nitrogens is 2. The van der Waals surface area contributed by atoms with Crippen LogP contribution in [-0.4, -0.2) is 34.3 Å². The highest BCUT2D eigenvalue weighted by Crippen LogP contribution is 2.30. The molecule has 128 valence electrons. The maximum Gasteiger partial charge on any atom is 0.277 e. The summed E-state index contributed by atoms with van der Waals surface area (Å²) in [4.78, 5) is 14.7. The summed E-state index contributed by atoms with van der Waals surface area (Å²) < 4.78 is 1.29. The van der Waals surface area contributed by atoms with Crippen molar-refractivity contribution in [3.05, 3.63) is 46.2 Å². The molecule has 0 aliphatic carbocycles. The molecule has 0 amide bonds. The molecule has 1 aromatic carbocycles. The highest BCUT2D eigenvalue weighted by atomic mass is 16.4. The van der Waals surface area contributed by atoms with E-state index in [4.69, 9.17) is 5.21 Å². The zero-order valence-corrected chi connectivity index (χ0v) is 14.4. The third-order valence-corrected chi connectivity index (χ3v) is 3.79. The largest absolute Gasteiger partial charge is 0.411 e. The van der Waals surface area contributed by atoms with E-state index in [1.807, 2.05) is 30.3 Å². The Kier molecular flexibility index (Phi) is 6.12. The first-order chi connectivity index (χ1) is 11.6. The van der Waals surface area contributed by atoms with Crippen LogP contribution in [0.2, 0.25) is 0 Å². The van der Waals surface area contributed by atoms with Gasteiger partial charge in [-0.05, 0) is 12.8 Å². The summed E-state index contributed by atoms with van der Waals surface area (Å²) in [6.07, 6.45) is 3.10. The molecular weight excluding hydrogens is 304 g/mol. The maximum absolute atomic E-state index is 12.5. The van der Waals surface area contributed by atoms with E-state index in [9.17, 15) is 4.79 Å². The van der Waals surface area contributed by atoms with Crippen LogP contribution in [0.5, 0.6) is 0 Å². The lowest BCUT2D eigenvalue weighted by molar-refractivity contribution is 0.321. The molecule has 0 saturated heterocycles. The van der Waals surface area contributed by atoms with Crippen LogP contribution in [-0.2, 0) is 7.05 Å². The molecule has 1 N–H and O–H groups in total. The molecule has 0 radical (unpaired) electrons. The van der Waals surface area contributed by atoms with Crippen molar-refractivity contribution in [1.29, 1.82) is 0 Å². The lowest BCUT2D eigenvalue weighted by Gasteiger charge is -2.27. The molecule has 0 unspecified atom stereocenters. The summed E-state index contributed by atoms with van der Waals surface area (Å²) in [6.45, 7) is 5.79. The molecule has 2 aromatic rings. The van der Waals surface area contributed by atoms with Crippen LogP contribution in [0.25, 0.3) is 11.3 Å². The van der Waals surface area contributed by atoms with Crippen LogP contribution in [0.1, 0.15) is 32.3 Å². The summed E-state index contributed by atoms with van der Waals surface area (Å²) in [5.41, 5.74) is 2.45. The van der Waals surface area contributed by atoms with Gasteiger partial charge in [-0.15, -0.1) is 0 Å². The summed E-state index contributed by atoms with van der Waals surface area (Å²) in [6, 6.07) is 9.75. The van der Waals surface area contributed by atoms with E-state index in [0.717, 1.165) is 42.9 Å². The van der Waals surface area contributed by atoms with Crippen molar-refractivity contribution >= 4 is 11.9 Å². The van der Waals surface area contributed by atoms with Crippen LogP contribution < -0.4 is 10.5 Å². The smallest absolute Gasteiger partial charge is 0.277 e. The monoisotopic (exact) mass is 328 g/mol. The van der Waals surface area contributed by atoms with Gasteiger partial charge in [0.05, 0.1) is 17.5 Å². The van der Waals surface area contributed by atoms with E-state index >= 15 is 0 Å². The fraction of sp³-hybridized carbons (Fsp3) is 0.389. The number of aryl methyl sites for hydroxylation is 1. The molecule has 0 aliphatic heterocycles. The highest BCUT2D eigenvalue weighted by molar-refractivity contribution is 5.93. The van der Waals surface area contributed by atoms with Gasteiger partial charge in [-0.25, -0.2) is 4.68 Å². The molecule has 0 bridgehead atoms. The number of nitrogens with zero attached hydrogens (tertiary/aromatic N) is 4. The van der Waals surface area contributed by atoms with E-state index in [1.54, 1.807) is 7.05 Å². The summed E-state index contributed by atoms with van der Waals surface area (Å²) in [7, 11) is 1.61. The fourth-order valence-corrected chi connectivity index (χ4v) is 2.81. The van der Waals surface area contributed by atoms with Crippen molar-refractivity contribution in [2.24, 2.45) is 12.2 Å². The van der Waals surface area contributed by atoms with Crippen molar-refractivity contribution in [2.45, 2.75) is 26.7 Å². The average molecular weight is 328 g/mol. The SMILES string of the molecule is CCCN(CCC)c1c(-c2ccccc2)nn(C)c(=O)c1/C=N/O. The first-order valence-corrected chi connectivity index (χ1v) is 8.23. The van der Waals surface area contributed by atoms with Gasteiger partial charge in [-0.3, -0.25) is 4.79 Å². The van der Waals surface area contributed by atoms with Gasteiger partial charge in [0, 0.05) is 25.7 Å². The third kappa shape index (κ3) is 3.64. The molecule has 0 atom stereocenters. The van der Waals surface area contributed by atoms with Crippen LogP contribution in [0.15, 0.2) is 40.3 Å². The normalized spacial score (nSPS) is 11.1. The molecule has 0 saturated carbocycles. The van der Waals surface area contributed by atoms with Crippen LogP contribution >= 0.6 is 0 Å². The molecule has 6 heteroatoms. The predicted molar refractivity (Wildman–Crippen MR) is 97.1 cm³/mol. The van der Waals surface area contributed by atoms with Crippen LogP contribution in [0.3, 0.4) is 0 Å². The highest BCUT2D eigenvalue weighted by Gasteiger charge is 2.21. The lowest BCUT2D eigenvalue weighted by Crippen LogP contribution is -2.33. The number of oxime groups is 1. The quantitative estimate of drug-likeness (QED) is 0.482. The minimum Gasteiger partial charge on any atom is -0.411 e. The van der Waals surface area contributed by atoms with Gasteiger partial charge in [0.15, 0.2) is 0 Å². The minimum atomic E-state index is -0.278. The Morgan fingerprint density at radius 3 is 2.38 bits per heavy atom. The summed E-state index contributed by atoms with van der Waals surface area (Å²) in [5, 5.41) is 16.6. The standard InChI is InChI=1S/C18H24N4O2/c1-4-11-22(12-5-2)17-15(13-19-24)18(23)21(3)20-16(17)14-9-7-6-8-10-14/h6-10,13,24H,4-5,11-12H2,1-3H3/b19-13+. The van der Waals surface area contributed by atoms with E-state index in [-0.39, 0.29) is 5.56 Å². The Balaban J connectivity index is 2.80. The molecule has 6 nitrogen and oxygen atoms in total. The third-order valence-electron chi connectivity index (χ3n) is 3.79. The summed E-state index contributed by atoms with van der Waals surface area (Å²) >= 11 is 0. The van der Waals surface area contributed by atoms with Crippen LogP contribution in [0.4, 0.5) is 5.69 Å². The van der Waals surface area contributed by atoms with Crippen molar-refractivity contribution in [1.82, 2.24) is 9.78 Å². The van der Waals surface area contributed by atoms with Gasteiger partial charge in [-0.2, -0.15) is 5.10 Å². The van der Waals surface area contributed by atoms with Gasteiger partial charge in [-0.1, -0.05) is 49.3 Å². The second-order valence-corrected chi connectivity index (χ2v) is 5.64. The Labute approximate surface area is 142 Å². The maximum atomic E-state index is 12.5. The zero-order chi connectivity index (χ0) is 17.5. The van der Waals surface area contributed by atoms with Gasteiger partial charge in [0.2, 0.25) is 0 Å². The van der Waals surface area contributed by atoms with Gasteiger partial charge < -0.3 is 10.1 Å². The minimum absolute atomic E-state index is 0.278. The Morgan fingerprint density at radius 2 is 1.83 bits per heavy atom. The number of hydrogen-bond acceptors (Lipinski definition) is 5. The molecule has 0 aliphatic rings. The number of hydrogen-bond donors (Lipinski definition) is 1. The predicted octanol–water partition coefficient (Wildman–Crippen LogP) is 2.88. The van der Waals surface area contributed by atoms with Crippen LogP contribution in [0, 0.1) is 0 Å². The topological polar surface area (TPSA) is 70.7 Å². The molecule has 0 spiro atoms. The number of anilines is 1. The second-order valence-electron chi connectivity index (χ2n) is 5.64. The molecule has 0 fully saturated rings. The van der Waals surface area contributed by atoms with Gasteiger partial charge in [0.25, 0.3) is 5.56 Å². The van der Waals surface area contributed by atoms with E-state index in [2.05, 4.69) is 29.0 Å². The molecule has 1 heterocycles. The number of benzene rings is 1. The first kappa shape index (κ1) is 17.7. The average Bonchev–Trinajstić information content (AvgIpc) is 2.59. The summed E-state index contributed by atoms with van der Waals surface area (Å²) in [5.74, 6) is 0. The Bertz CT molecular complexity index is 748. The molecule has 2 rings (SSSR count). The lowest BCUT2D eigenvalue weighted by atomic mass is 10.1. The van der Waals surface area contributed by atoms with Gasteiger partial charge in [0.1, 0.15) is 5.69 Å². The zero-order valence-electron chi connectivity index (χ0n) is 14.4. The Morgan fingerprint density at radius 1 is 1.21 bits per heavy atom. The van der Waals surface area contributed by atoms with Crippen molar-refractivity contribution < 1.29 is 5.21 Å². The molecule has 24 heavy (non-hydrogen) atoms. The van der Waals surface area contributed by atoms with E-state index in [0.29, 0.717) is 5.56 Å². The van der Waals surface area contributed by atoms with Crippen molar-refractivity contribution in [2.75, 3.05) is 18.0 Å². The van der Waals surface area contributed by atoms with Crippen molar-refractivity contribution in [3.63, 3.8) is 0 Å². The number of rotatable bonds is 7. The first-order valence-electron chi connectivity index (χ1n) is 8.23. The fourth-order valence-electron chi connectivity index (χ4n) is 2.81. The van der Waals surface area contributed by atoms with E-state index in [1.165, 1.54) is 10.9 Å². The molecule has 1 aromatic heterocycles.